The number of methoxy groups -OCH3 is 1. The number of fused-ring (bicyclic) bond motifs is 1. The van der Waals surface area contributed by atoms with Crippen molar-refractivity contribution in [1.29, 1.82) is 0 Å². The Labute approximate surface area is 160 Å². The van der Waals surface area contributed by atoms with Crippen LogP contribution in [0.15, 0.2) is 69.9 Å². The molecule has 0 radical (unpaired) electrons. The second-order valence-corrected chi connectivity index (χ2v) is 6.15. The van der Waals surface area contributed by atoms with Crippen molar-refractivity contribution in [2.24, 2.45) is 0 Å². The molecule has 7 heteroatoms. The summed E-state index contributed by atoms with van der Waals surface area (Å²) in [6.45, 7) is 1.81. The van der Waals surface area contributed by atoms with Gasteiger partial charge < -0.3 is 14.5 Å². The predicted molar refractivity (Wildman–Crippen MR) is 105 cm³/mol. The van der Waals surface area contributed by atoms with Gasteiger partial charge in [0.2, 0.25) is 5.71 Å². The molecule has 0 aliphatic carbocycles. The topological polar surface area (TPSA) is 86.4 Å². The molecule has 0 saturated carbocycles. The third-order valence-electron chi connectivity index (χ3n) is 4.36. The van der Waals surface area contributed by atoms with E-state index in [0.29, 0.717) is 28.1 Å². The average molecular weight is 375 g/mol. The summed E-state index contributed by atoms with van der Waals surface area (Å²) < 4.78 is 12.3. The van der Waals surface area contributed by atoms with Gasteiger partial charge in [-0.1, -0.05) is 30.3 Å². The van der Waals surface area contributed by atoms with Gasteiger partial charge in [0.15, 0.2) is 0 Å². The van der Waals surface area contributed by atoms with E-state index in [1.165, 1.54) is 7.11 Å². The molecule has 0 aliphatic heterocycles. The van der Waals surface area contributed by atoms with E-state index in [4.69, 9.17) is 9.15 Å². The molecule has 4 aromatic rings. The Morgan fingerprint density at radius 1 is 1.11 bits per heavy atom. The zero-order valence-electron chi connectivity index (χ0n) is 15.3. The van der Waals surface area contributed by atoms with Gasteiger partial charge in [0, 0.05) is 0 Å². The van der Waals surface area contributed by atoms with E-state index < -0.39 is 11.5 Å². The van der Waals surface area contributed by atoms with Crippen LogP contribution in [0.25, 0.3) is 16.8 Å². The number of hydrogen-bond donors (Lipinski definition) is 1. The monoisotopic (exact) mass is 375 g/mol. The molecule has 0 saturated heterocycles. The highest BCUT2D eigenvalue weighted by atomic mass is 16.5. The third kappa shape index (κ3) is 3.03. The van der Waals surface area contributed by atoms with Gasteiger partial charge in [-0.25, -0.2) is 4.79 Å². The Hall–Kier alpha value is -3.87. The summed E-state index contributed by atoms with van der Waals surface area (Å²) in [6.07, 6.45) is 0. The number of nitrogens with one attached hydrogen (secondary N) is 1. The molecule has 1 amide bonds. The first kappa shape index (κ1) is 17.5. The Kier molecular flexibility index (Phi) is 4.41. The molecule has 2 aromatic heterocycles. The van der Waals surface area contributed by atoms with Crippen molar-refractivity contribution >= 4 is 22.7 Å². The van der Waals surface area contributed by atoms with Gasteiger partial charge in [0.25, 0.3) is 5.91 Å². The van der Waals surface area contributed by atoms with Crippen molar-refractivity contribution in [3.8, 4) is 11.4 Å². The molecule has 2 aromatic carbocycles. The number of hydrogen-bond acceptors (Lipinski definition) is 5. The van der Waals surface area contributed by atoms with Crippen molar-refractivity contribution in [2.75, 3.05) is 12.4 Å². The molecule has 0 aliphatic rings. The van der Waals surface area contributed by atoms with Gasteiger partial charge in [-0.15, -0.1) is 0 Å². The lowest BCUT2D eigenvalue weighted by Crippen LogP contribution is -2.18. The number of carbonyl (C=O) groups is 1. The summed E-state index contributed by atoms with van der Waals surface area (Å²) in [6, 6.07) is 17.7. The Bertz CT molecular complexity index is 1230. The zero-order chi connectivity index (χ0) is 19.7. The van der Waals surface area contributed by atoms with E-state index in [-0.39, 0.29) is 5.69 Å². The smallest absolute Gasteiger partial charge is 0.361 e. The second-order valence-electron chi connectivity index (χ2n) is 6.15. The summed E-state index contributed by atoms with van der Waals surface area (Å²) in [5, 5.41) is 7.70. The first-order valence-electron chi connectivity index (χ1n) is 8.62. The van der Waals surface area contributed by atoms with Crippen LogP contribution in [0.3, 0.4) is 0 Å². The number of anilines is 1. The summed E-state index contributed by atoms with van der Waals surface area (Å²) >= 11 is 0. The first-order chi connectivity index (χ1) is 13.6. The minimum Gasteiger partial charge on any atom is -0.496 e. The maximum Gasteiger partial charge on any atom is 0.361 e. The molecule has 1 N–H and O–H groups in total. The lowest BCUT2D eigenvalue weighted by Gasteiger charge is -2.08. The summed E-state index contributed by atoms with van der Waals surface area (Å²) in [5.41, 5.74) is 1.47. The highest BCUT2D eigenvalue weighted by Crippen LogP contribution is 2.24. The van der Waals surface area contributed by atoms with Gasteiger partial charge in [0.1, 0.15) is 11.4 Å². The average Bonchev–Trinajstić information content (AvgIpc) is 3.04. The Morgan fingerprint density at radius 3 is 2.57 bits per heavy atom. The van der Waals surface area contributed by atoms with Crippen LogP contribution in [0.2, 0.25) is 0 Å². The molecule has 0 fully saturated rings. The third-order valence-corrected chi connectivity index (χ3v) is 4.36. The van der Waals surface area contributed by atoms with Crippen LogP contribution in [0.1, 0.15) is 16.1 Å². The number of para-hydroxylation sites is 2. The van der Waals surface area contributed by atoms with Crippen molar-refractivity contribution in [3.05, 3.63) is 82.3 Å². The number of aromatic nitrogens is 2. The highest BCUT2D eigenvalue weighted by molar-refractivity contribution is 6.06. The molecular formula is C21H17N3O4. The minimum absolute atomic E-state index is 0.0408. The van der Waals surface area contributed by atoms with Crippen LogP contribution in [0, 0.1) is 6.92 Å². The molecule has 28 heavy (non-hydrogen) atoms. The predicted octanol–water partition coefficient (Wildman–Crippen LogP) is 3.55. The van der Waals surface area contributed by atoms with E-state index in [1.54, 1.807) is 35.0 Å². The summed E-state index contributed by atoms with van der Waals surface area (Å²) in [7, 11) is 1.48. The molecule has 2 heterocycles. The van der Waals surface area contributed by atoms with Crippen LogP contribution in [-0.4, -0.2) is 22.8 Å². The number of amides is 1. The van der Waals surface area contributed by atoms with Crippen molar-refractivity contribution in [1.82, 2.24) is 9.78 Å². The number of ether oxygens (including phenoxy) is 1. The van der Waals surface area contributed by atoms with E-state index in [2.05, 4.69) is 10.4 Å². The standard InChI is InChI=1S/C21H17N3O4/c1-13-16-12-17(22-19(25)15-10-6-7-11-18(15)27-2)21(26)28-20(16)24(23-13)14-8-4-3-5-9-14/h3-12H,1-2H3,(H,22,25). The number of nitrogens with zero attached hydrogens (tertiary/aromatic N) is 2. The van der Waals surface area contributed by atoms with Gasteiger partial charge >= 0.3 is 5.63 Å². The van der Waals surface area contributed by atoms with Crippen LogP contribution < -0.4 is 15.7 Å². The highest BCUT2D eigenvalue weighted by Gasteiger charge is 2.18. The molecule has 140 valence electrons. The maximum atomic E-state index is 12.6. The van der Waals surface area contributed by atoms with E-state index in [9.17, 15) is 9.59 Å². The lowest BCUT2D eigenvalue weighted by molar-refractivity contribution is 0.102. The van der Waals surface area contributed by atoms with Crippen molar-refractivity contribution < 1.29 is 13.9 Å². The van der Waals surface area contributed by atoms with Crippen LogP contribution in [-0.2, 0) is 0 Å². The van der Waals surface area contributed by atoms with Gasteiger partial charge in [-0.2, -0.15) is 9.78 Å². The normalized spacial score (nSPS) is 10.8. The number of aryl methyl sites for hydroxylation is 1. The molecule has 0 spiro atoms. The molecular weight excluding hydrogens is 358 g/mol. The van der Waals surface area contributed by atoms with Crippen molar-refractivity contribution in [3.63, 3.8) is 0 Å². The van der Waals surface area contributed by atoms with E-state index in [0.717, 1.165) is 5.69 Å². The second kappa shape index (κ2) is 7.03. The van der Waals surface area contributed by atoms with Crippen LogP contribution >= 0.6 is 0 Å². The number of rotatable bonds is 4. The summed E-state index contributed by atoms with van der Waals surface area (Å²) in [4.78, 5) is 25.1. The first-order valence-corrected chi connectivity index (χ1v) is 8.62. The molecule has 0 atom stereocenters. The van der Waals surface area contributed by atoms with Gasteiger partial charge in [-0.05, 0) is 37.3 Å². The quantitative estimate of drug-likeness (QED) is 0.589. The molecule has 0 bridgehead atoms. The molecule has 4 rings (SSSR count). The zero-order valence-corrected chi connectivity index (χ0v) is 15.3. The summed E-state index contributed by atoms with van der Waals surface area (Å²) in [5.74, 6) is -0.0456. The SMILES string of the molecule is COc1ccccc1C(=O)Nc1cc2c(C)nn(-c3ccccc3)c2oc1=O. The van der Waals surface area contributed by atoms with Crippen molar-refractivity contribution in [2.45, 2.75) is 6.92 Å². The van der Waals surface area contributed by atoms with Gasteiger partial charge in [-0.3, -0.25) is 4.79 Å². The minimum atomic E-state index is -0.659. The van der Waals surface area contributed by atoms with Gasteiger partial charge in [0.05, 0.1) is 29.4 Å². The molecule has 0 unspecified atom stereocenters. The largest absolute Gasteiger partial charge is 0.496 e. The lowest BCUT2D eigenvalue weighted by atomic mass is 10.2. The fourth-order valence-electron chi connectivity index (χ4n) is 2.98. The maximum absolute atomic E-state index is 12.6. The fraction of sp³-hybridized carbons (Fsp3) is 0.0952. The van der Waals surface area contributed by atoms with E-state index in [1.807, 2.05) is 37.3 Å². The Balaban J connectivity index is 1.76. The Morgan fingerprint density at radius 2 is 1.82 bits per heavy atom. The van der Waals surface area contributed by atoms with Crippen LogP contribution in [0.4, 0.5) is 5.69 Å². The van der Waals surface area contributed by atoms with E-state index >= 15 is 0 Å². The van der Waals surface area contributed by atoms with Crippen LogP contribution in [0.5, 0.6) is 5.75 Å². The fourth-order valence-corrected chi connectivity index (χ4v) is 2.98. The number of carbonyl (C=O) groups excluding carboxylic acids is 1. The molecule has 7 nitrogen and oxygen atoms in total. The number of benzene rings is 2.